The van der Waals surface area contributed by atoms with Crippen LogP contribution in [0.3, 0.4) is 0 Å². The van der Waals surface area contributed by atoms with Gasteiger partial charge < -0.3 is 15.2 Å². The number of ether oxygens (including phenoxy) is 1. The highest BCUT2D eigenvalue weighted by atomic mass is 16.6. The number of rotatable bonds is 4. The second kappa shape index (κ2) is 5.73. The van der Waals surface area contributed by atoms with E-state index in [1.165, 1.54) is 12.4 Å². The summed E-state index contributed by atoms with van der Waals surface area (Å²) in [6, 6.07) is -1.25. The highest BCUT2D eigenvalue weighted by Crippen LogP contribution is 2.08. The van der Waals surface area contributed by atoms with Crippen LogP contribution in [0.4, 0.5) is 4.79 Å². The second-order valence-corrected chi connectivity index (χ2v) is 5.03. The molecule has 1 amide bonds. The summed E-state index contributed by atoms with van der Waals surface area (Å²) in [6.07, 6.45) is 1.51. The van der Waals surface area contributed by atoms with Crippen molar-refractivity contribution < 1.29 is 23.5 Å². The predicted octanol–water partition coefficient (Wildman–Crippen LogP) is 0.941. The van der Waals surface area contributed by atoms with Crippen molar-refractivity contribution >= 4 is 12.1 Å². The van der Waals surface area contributed by atoms with Gasteiger partial charge in [-0.2, -0.15) is 5.10 Å². The number of carboxylic acids is 1. The molecule has 1 rings (SSSR count). The third kappa shape index (κ3) is 5.41. The van der Waals surface area contributed by atoms with Gasteiger partial charge in [0.2, 0.25) is 0 Å². The molecule has 1 unspecified atom stereocenters. The lowest BCUT2D eigenvalue weighted by Gasteiger charge is -2.21. The number of amides is 1. The van der Waals surface area contributed by atoms with Gasteiger partial charge >= 0.3 is 12.1 Å². The van der Waals surface area contributed by atoms with Gasteiger partial charge in [0.15, 0.2) is 0 Å². The fraction of sp³-hybridized carbons (Fsp3) is 0.583. The second-order valence-electron chi connectivity index (χ2n) is 5.03. The summed E-state index contributed by atoms with van der Waals surface area (Å²) >= 11 is 0. The zero-order valence-electron chi connectivity index (χ0n) is 14.0. The molecule has 0 aliphatic rings. The fourth-order valence-corrected chi connectivity index (χ4v) is 1.35. The van der Waals surface area contributed by atoms with E-state index in [1.807, 2.05) is 0 Å². The maximum atomic E-state index is 11.6. The third-order valence-electron chi connectivity index (χ3n) is 2.06. The number of hydrogen-bond donors (Lipinski definition) is 2. The average Bonchev–Trinajstić information content (AvgIpc) is 2.73. The Bertz CT molecular complexity index is 549. The molecule has 0 spiro atoms. The van der Waals surface area contributed by atoms with Crippen molar-refractivity contribution in [3.05, 3.63) is 18.0 Å². The molecule has 0 bridgehead atoms. The maximum Gasteiger partial charge on any atom is 0.408 e. The van der Waals surface area contributed by atoms with E-state index < -0.39 is 30.7 Å². The lowest BCUT2D eigenvalue weighted by atomic mass is 10.1. The molecule has 0 saturated carbocycles. The summed E-state index contributed by atoms with van der Waals surface area (Å²) in [4.78, 5) is 22.8. The third-order valence-corrected chi connectivity index (χ3v) is 2.06. The largest absolute Gasteiger partial charge is 0.480 e. The van der Waals surface area contributed by atoms with Crippen molar-refractivity contribution in [2.45, 2.75) is 38.8 Å². The van der Waals surface area contributed by atoms with Crippen LogP contribution in [-0.4, -0.2) is 38.6 Å². The molecule has 7 nitrogen and oxygen atoms in total. The number of carbonyl (C=O) groups is 2. The highest BCUT2D eigenvalue weighted by Gasteiger charge is 2.24. The zero-order valence-corrected chi connectivity index (χ0v) is 11.0. The molecule has 0 aliphatic carbocycles. The Morgan fingerprint density at radius 3 is 2.79 bits per heavy atom. The molecule has 0 aliphatic heterocycles. The molecule has 2 N–H and O–H groups in total. The van der Waals surface area contributed by atoms with Crippen LogP contribution in [0.15, 0.2) is 12.4 Å². The van der Waals surface area contributed by atoms with Gasteiger partial charge in [0.25, 0.3) is 0 Å². The van der Waals surface area contributed by atoms with Crippen molar-refractivity contribution in [2.24, 2.45) is 6.98 Å². The first-order valence-electron chi connectivity index (χ1n) is 7.15. The van der Waals surface area contributed by atoms with E-state index >= 15 is 0 Å². The van der Waals surface area contributed by atoms with Crippen LogP contribution in [0.1, 0.15) is 30.4 Å². The number of alkyl carbamates (subject to hydrolysis) is 1. The molecule has 106 valence electrons. The molecule has 1 aromatic rings. The van der Waals surface area contributed by atoms with E-state index in [4.69, 9.17) is 14.0 Å². The van der Waals surface area contributed by atoms with Crippen LogP contribution >= 0.6 is 0 Å². The summed E-state index contributed by atoms with van der Waals surface area (Å²) in [7, 11) is 0. The van der Waals surface area contributed by atoms with Crippen LogP contribution in [0.2, 0.25) is 0 Å². The lowest BCUT2D eigenvalue weighted by molar-refractivity contribution is -0.139. The number of nitrogens with zero attached hydrogens (tertiary/aromatic N) is 2. The van der Waals surface area contributed by atoms with Crippen molar-refractivity contribution in [3.63, 3.8) is 0 Å². The Morgan fingerprint density at radius 2 is 2.32 bits per heavy atom. The van der Waals surface area contributed by atoms with Gasteiger partial charge in [0, 0.05) is 23.7 Å². The average molecular weight is 272 g/mol. The van der Waals surface area contributed by atoms with Crippen LogP contribution in [0.5, 0.6) is 0 Å². The highest BCUT2D eigenvalue weighted by molar-refractivity contribution is 5.80. The number of nitrogens with one attached hydrogen (secondary N) is 1. The van der Waals surface area contributed by atoms with Crippen molar-refractivity contribution in [3.8, 4) is 0 Å². The SMILES string of the molecule is [2H]C([2H])([2H])n1cc(CC(NC(=O)OC(C)(C)C)C(=O)O)cn1. The lowest BCUT2D eigenvalue weighted by Crippen LogP contribution is -2.44. The first-order chi connectivity index (χ1) is 9.88. The van der Waals surface area contributed by atoms with Crippen molar-refractivity contribution in [1.82, 2.24) is 15.1 Å². The molecule has 1 atom stereocenters. The van der Waals surface area contributed by atoms with Crippen molar-refractivity contribution in [2.75, 3.05) is 0 Å². The van der Waals surface area contributed by atoms with Gasteiger partial charge in [-0.3, -0.25) is 4.68 Å². The number of hydrogen-bond acceptors (Lipinski definition) is 4. The van der Waals surface area contributed by atoms with E-state index in [1.54, 1.807) is 20.8 Å². The molecule has 1 aromatic heterocycles. The van der Waals surface area contributed by atoms with Crippen LogP contribution in [-0.2, 0) is 22.9 Å². The summed E-state index contributed by atoms with van der Waals surface area (Å²) in [5, 5.41) is 15.0. The van der Waals surface area contributed by atoms with Crippen molar-refractivity contribution in [1.29, 1.82) is 0 Å². The minimum atomic E-state index is -2.43. The molecule has 0 aromatic carbocycles. The monoisotopic (exact) mass is 272 g/mol. The first kappa shape index (κ1) is 10.8. The van der Waals surface area contributed by atoms with E-state index in [0.29, 0.717) is 5.56 Å². The normalized spacial score (nSPS) is 15.8. The van der Waals surface area contributed by atoms with E-state index in [-0.39, 0.29) is 6.42 Å². The molecule has 0 fully saturated rings. The van der Waals surface area contributed by atoms with Gasteiger partial charge in [-0.15, -0.1) is 0 Å². The van der Waals surface area contributed by atoms with E-state index in [9.17, 15) is 9.59 Å². The van der Waals surface area contributed by atoms with Crippen LogP contribution < -0.4 is 5.32 Å². The molecular weight excluding hydrogens is 250 g/mol. The van der Waals surface area contributed by atoms with Crippen LogP contribution in [0.25, 0.3) is 0 Å². The quantitative estimate of drug-likeness (QED) is 0.850. The van der Waals surface area contributed by atoms with E-state index in [0.717, 1.165) is 4.68 Å². The summed E-state index contributed by atoms with van der Waals surface area (Å²) < 4.78 is 27.3. The van der Waals surface area contributed by atoms with Gasteiger partial charge in [0.1, 0.15) is 11.6 Å². The Labute approximate surface area is 115 Å². The molecular formula is C12H19N3O4. The Hall–Kier alpha value is -2.05. The van der Waals surface area contributed by atoms with Gasteiger partial charge in [-0.05, 0) is 26.3 Å². The Morgan fingerprint density at radius 1 is 1.63 bits per heavy atom. The standard InChI is InChI=1S/C12H19N3O4/c1-12(2,3)19-11(18)14-9(10(16)17)5-8-6-13-15(4)7-8/h6-7,9H,5H2,1-4H3,(H,14,18)(H,16,17)/i4D3. The van der Waals surface area contributed by atoms with E-state index in [2.05, 4.69) is 10.4 Å². The number of carboxylic acid groups (broad SMARTS) is 1. The fourth-order valence-electron chi connectivity index (χ4n) is 1.35. The van der Waals surface area contributed by atoms with Gasteiger partial charge in [0.05, 0.1) is 6.20 Å². The molecule has 0 radical (unpaired) electrons. The van der Waals surface area contributed by atoms with Gasteiger partial charge in [-0.25, -0.2) is 9.59 Å². The topological polar surface area (TPSA) is 93.5 Å². The Balaban J connectivity index is 2.75. The van der Waals surface area contributed by atoms with Crippen LogP contribution in [0, 0.1) is 0 Å². The minimum absolute atomic E-state index is 0.106. The first-order valence-corrected chi connectivity index (χ1v) is 5.65. The number of carbonyl (C=O) groups excluding carboxylic acids is 1. The summed E-state index contributed by atoms with van der Waals surface area (Å²) in [5.41, 5.74) is -0.376. The maximum absolute atomic E-state index is 11.6. The number of aromatic nitrogens is 2. The molecule has 19 heavy (non-hydrogen) atoms. The minimum Gasteiger partial charge on any atom is -0.480 e. The number of aryl methyl sites for hydroxylation is 1. The van der Waals surface area contributed by atoms with Gasteiger partial charge in [-0.1, -0.05) is 0 Å². The summed E-state index contributed by atoms with van der Waals surface area (Å²) in [5.74, 6) is -1.26. The Kier molecular flexibility index (Phi) is 3.27. The summed E-state index contributed by atoms with van der Waals surface area (Å²) in [6.45, 7) is 2.53. The molecule has 0 saturated heterocycles. The predicted molar refractivity (Wildman–Crippen MR) is 67.7 cm³/mol. The molecule has 1 heterocycles. The number of aliphatic carboxylic acids is 1. The molecule has 7 heteroatoms. The smallest absolute Gasteiger partial charge is 0.408 e. The zero-order chi connectivity index (χ0) is 17.1.